The van der Waals surface area contributed by atoms with Crippen LogP contribution >= 0.6 is 11.6 Å². The maximum absolute atomic E-state index is 6.59. The zero-order valence-electron chi connectivity index (χ0n) is 19.1. The van der Waals surface area contributed by atoms with Crippen molar-refractivity contribution >= 4 is 11.6 Å². The fourth-order valence-corrected chi connectivity index (χ4v) is 5.13. The van der Waals surface area contributed by atoms with Crippen LogP contribution in [0.2, 0.25) is 5.02 Å². The fraction of sp³-hybridized carbons (Fsp3) is 0.379. The van der Waals surface area contributed by atoms with Gasteiger partial charge in [-0.2, -0.15) is 0 Å². The number of fused-ring (bicyclic) bond motifs is 1. The molecule has 0 spiro atoms. The predicted molar refractivity (Wildman–Crippen MR) is 132 cm³/mol. The molecule has 1 saturated heterocycles. The van der Waals surface area contributed by atoms with Crippen LogP contribution < -0.4 is 4.74 Å². The summed E-state index contributed by atoms with van der Waals surface area (Å²) in [6, 6.07) is 25.0. The van der Waals surface area contributed by atoms with E-state index in [0.29, 0.717) is 25.2 Å². The van der Waals surface area contributed by atoms with Crippen LogP contribution in [0.15, 0.2) is 72.8 Å². The Morgan fingerprint density at radius 2 is 1.76 bits per heavy atom. The molecule has 3 aromatic carbocycles. The lowest BCUT2D eigenvalue weighted by atomic mass is 9.73. The quantitative estimate of drug-likeness (QED) is 0.355. The summed E-state index contributed by atoms with van der Waals surface area (Å²) in [6.45, 7) is 3.33. The third kappa shape index (κ3) is 5.27. The molecule has 0 amide bonds. The van der Waals surface area contributed by atoms with Crippen LogP contribution in [0.25, 0.3) is 0 Å². The zero-order valence-corrected chi connectivity index (χ0v) is 19.8. The maximum Gasteiger partial charge on any atom is 0.119 e. The van der Waals surface area contributed by atoms with Crippen molar-refractivity contribution in [2.45, 2.75) is 57.5 Å². The van der Waals surface area contributed by atoms with Crippen molar-refractivity contribution in [3.63, 3.8) is 0 Å². The minimum atomic E-state index is 0.0451. The first-order chi connectivity index (χ1) is 16.2. The first-order valence-electron chi connectivity index (χ1n) is 12.0. The lowest BCUT2D eigenvalue weighted by Crippen LogP contribution is -2.48. The van der Waals surface area contributed by atoms with Crippen molar-refractivity contribution in [1.82, 2.24) is 0 Å². The topological polar surface area (TPSA) is 27.7 Å². The van der Waals surface area contributed by atoms with Crippen molar-refractivity contribution in [2.75, 3.05) is 6.61 Å². The molecule has 172 valence electrons. The molecule has 0 aromatic heterocycles. The number of benzene rings is 3. The number of hydrogen-bond donors (Lipinski definition) is 0. The molecular weight excluding hydrogens is 432 g/mol. The predicted octanol–water partition coefficient (Wildman–Crippen LogP) is 7.15. The van der Waals surface area contributed by atoms with Gasteiger partial charge in [-0.3, -0.25) is 0 Å². The third-order valence-electron chi connectivity index (χ3n) is 6.90. The molecule has 33 heavy (non-hydrogen) atoms. The molecule has 2 aliphatic rings. The van der Waals surface area contributed by atoms with E-state index in [4.69, 9.17) is 25.8 Å². The Bertz CT molecular complexity index is 1050. The van der Waals surface area contributed by atoms with Crippen molar-refractivity contribution < 1.29 is 14.2 Å². The third-order valence-corrected chi connectivity index (χ3v) is 7.27. The van der Waals surface area contributed by atoms with Crippen LogP contribution in [-0.2, 0) is 22.5 Å². The zero-order chi connectivity index (χ0) is 22.6. The van der Waals surface area contributed by atoms with Gasteiger partial charge in [0.05, 0.1) is 31.5 Å². The van der Waals surface area contributed by atoms with E-state index in [9.17, 15) is 0 Å². The van der Waals surface area contributed by atoms with E-state index < -0.39 is 0 Å². The van der Waals surface area contributed by atoms with Crippen LogP contribution in [0.5, 0.6) is 5.75 Å². The summed E-state index contributed by atoms with van der Waals surface area (Å²) in [4.78, 5) is 0. The van der Waals surface area contributed by atoms with Gasteiger partial charge in [0, 0.05) is 17.4 Å². The Morgan fingerprint density at radius 1 is 0.939 bits per heavy atom. The van der Waals surface area contributed by atoms with Gasteiger partial charge in [-0.1, -0.05) is 66.2 Å². The van der Waals surface area contributed by atoms with Gasteiger partial charge < -0.3 is 14.2 Å². The highest BCUT2D eigenvalue weighted by molar-refractivity contribution is 6.31. The molecule has 0 N–H and O–H groups in total. The Hall–Kier alpha value is -2.33. The summed E-state index contributed by atoms with van der Waals surface area (Å²) in [5.74, 6) is 1.41. The minimum Gasteiger partial charge on any atom is -0.494 e. The van der Waals surface area contributed by atoms with Gasteiger partial charge in [-0.15, -0.1) is 0 Å². The Balaban J connectivity index is 1.29. The van der Waals surface area contributed by atoms with Gasteiger partial charge in [-0.05, 0) is 66.6 Å². The molecule has 3 unspecified atom stereocenters. The molecule has 3 aromatic rings. The number of halogens is 1. The maximum atomic E-state index is 6.59. The van der Waals surface area contributed by atoms with Crippen molar-refractivity contribution in [3.05, 3.63) is 100 Å². The minimum absolute atomic E-state index is 0.0451. The van der Waals surface area contributed by atoms with E-state index in [-0.39, 0.29) is 12.2 Å². The number of ether oxygens (including phenoxy) is 3. The molecule has 4 heteroatoms. The van der Waals surface area contributed by atoms with Crippen LogP contribution in [0.1, 0.15) is 54.5 Å². The highest BCUT2D eigenvalue weighted by Crippen LogP contribution is 2.46. The van der Waals surface area contributed by atoms with Gasteiger partial charge in [0.25, 0.3) is 0 Å². The van der Waals surface area contributed by atoms with E-state index in [0.717, 1.165) is 35.6 Å². The first-order valence-corrected chi connectivity index (χ1v) is 12.4. The summed E-state index contributed by atoms with van der Waals surface area (Å²) in [5.41, 5.74) is 4.75. The fourth-order valence-electron chi connectivity index (χ4n) is 4.95. The van der Waals surface area contributed by atoms with Crippen molar-refractivity contribution in [1.29, 1.82) is 0 Å². The molecule has 3 nitrogen and oxygen atoms in total. The average Bonchev–Trinajstić information content (AvgIpc) is 2.82. The molecule has 1 heterocycles. The van der Waals surface area contributed by atoms with E-state index in [1.54, 1.807) is 0 Å². The lowest BCUT2D eigenvalue weighted by molar-refractivity contribution is -0.197. The van der Waals surface area contributed by atoms with Gasteiger partial charge in [0.15, 0.2) is 0 Å². The Labute approximate surface area is 201 Å². The van der Waals surface area contributed by atoms with Gasteiger partial charge in [0.1, 0.15) is 5.75 Å². The lowest BCUT2D eigenvalue weighted by Gasteiger charge is -2.48. The molecule has 0 bridgehead atoms. The summed E-state index contributed by atoms with van der Waals surface area (Å²) in [6.07, 6.45) is 4.56. The van der Waals surface area contributed by atoms with Crippen molar-refractivity contribution in [2.24, 2.45) is 5.92 Å². The van der Waals surface area contributed by atoms with E-state index in [1.165, 1.54) is 23.1 Å². The molecule has 4 atom stereocenters. The monoisotopic (exact) mass is 462 g/mol. The standard InChI is InChI=1S/C29H31ClO3/c1-2-31-24-11-8-20(9-12-24)16-23-17-22(10-14-26(23)30)28-18-29(25-13-15-27(25)33-28)32-19-21-6-4-3-5-7-21/h3-12,14,17,25,27-29H,2,13,15-16,18-19H2,1H3/t25-,27?,28?,29?/m0/s1. The normalized spacial score (nSPS) is 24.1. The molecule has 1 aliphatic heterocycles. The molecule has 1 aliphatic carbocycles. The Morgan fingerprint density at radius 3 is 2.48 bits per heavy atom. The molecular formula is C29H31ClO3. The second kappa shape index (κ2) is 10.3. The highest BCUT2D eigenvalue weighted by Gasteiger charge is 2.45. The smallest absolute Gasteiger partial charge is 0.119 e. The highest BCUT2D eigenvalue weighted by atomic mass is 35.5. The summed E-state index contributed by atoms with van der Waals surface area (Å²) in [5, 5.41) is 0.793. The Kier molecular flexibility index (Phi) is 7.01. The average molecular weight is 463 g/mol. The van der Waals surface area contributed by atoms with Crippen LogP contribution in [-0.4, -0.2) is 18.8 Å². The SMILES string of the molecule is CCOc1ccc(Cc2cc(C3CC(OCc4ccccc4)[C@H]4CCC4O3)ccc2Cl)cc1. The van der Waals surface area contributed by atoms with Gasteiger partial charge in [0.2, 0.25) is 0 Å². The molecule has 5 rings (SSSR count). The van der Waals surface area contributed by atoms with Gasteiger partial charge >= 0.3 is 0 Å². The molecule has 1 saturated carbocycles. The number of hydrogen-bond acceptors (Lipinski definition) is 3. The summed E-state index contributed by atoms with van der Waals surface area (Å²) in [7, 11) is 0. The number of rotatable bonds is 8. The van der Waals surface area contributed by atoms with Crippen LogP contribution in [0, 0.1) is 5.92 Å². The molecule has 0 radical (unpaired) electrons. The van der Waals surface area contributed by atoms with Gasteiger partial charge in [-0.25, -0.2) is 0 Å². The van der Waals surface area contributed by atoms with E-state index in [1.807, 2.05) is 31.2 Å². The second-order valence-electron chi connectivity index (χ2n) is 9.08. The van der Waals surface area contributed by atoms with Crippen molar-refractivity contribution in [3.8, 4) is 5.75 Å². The second-order valence-corrected chi connectivity index (χ2v) is 9.49. The molecule has 2 fully saturated rings. The summed E-state index contributed by atoms with van der Waals surface area (Å²) < 4.78 is 18.5. The van der Waals surface area contributed by atoms with Crippen LogP contribution in [0.4, 0.5) is 0 Å². The largest absolute Gasteiger partial charge is 0.494 e. The summed E-state index contributed by atoms with van der Waals surface area (Å²) >= 11 is 6.59. The van der Waals surface area contributed by atoms with E-state index >= 15 is 0 Å². The van der Waals surface area contributed by atoms with E-state index in [2.05, 4.69) is 48.5 Å². The first kappa shape index (κ1) is 22.5. The van der Waals surface area contributed by atoms with Crippen LogP contribution in [0.3, 0.4) is 0 Å².